The Morgan fingerprint density at radius 3 is 2.61 bits per heavy atom. The molecule has 4 rings (SSSR count). The lowest BCUT2D eigenvalue weighted by molar-refractivity contribution is 0.190. The summed E-state index contributed by atoms with van der Waals surface area (Å²) in [6.45, 7) is 2.66. The highest BCUT2D eigenvalue weighted by atomic mass is 32.2. The molecule has 9 nitrogen and oxygen atoms in total. The van der Waals surface area contributed by atoms with Gasteiger partial charge in [-0.2, -0.15) is 0 Å². The Kier molecular flexibility index (Phi) is 6.08. The second kappa shape index (κ2) is 8.77. The number of fused-ring (bicyclic) bond motifs is 3. The van der Waals surface area contributed by atoms with E-state index in [4.69, 9.17) is 14.7 Å². The molecule has 0 saturated carbocycles. The lowest BCUT2D eigenvalue weighted by Crippen LogP contribution is -2.20. The van der Waals surface area contributed by atoms with Gasteiger partial charge in [0.2, 0.25) is 16.0 Å². The topological polar surface area (TPSA) is 118 Å². The number of hydrogen-bond donors (Lipinski definition) is 3. The van der Waals surface area contributed by atoms with Crippen LogP contribution in [0.2, 0.25) is 0 Å². The molecule has 1 aliphatic rings. The van der Waals surface area contributed by atoms with Gasteiger partial charge in [0, 0.05) is 30.7 Å². The molecule has 2 heterocycles. The molecule has 3 N–H and O–H groups in total. The molecule has 0 saturated heterocycles. The zero-order valence-electron chi connectivity index (χ0n) is 17.5. The molecule has 1 aromatic carbocycles. The van der Waals surface area contributed by atoms with Gasteiger partial charge in [-0.15, -0.1) is 0 Å². The van der Waals surface area contributed by atoms with Gasteiger partial charge in [0.25, 0.3) is 0 Å². The minimum atomic E-state index is -3.31. The van der Waals surface area contributed by atoms with Crippen LogP contribution in [0.25, 0.3) is 10.6 Å². The lowest BCUT2D eigenvalue weighted by atomic mass is 10.00. The molecular weight excluding hydrogens is 436 g/mol. The van der Waals surface area contributed by atoms with Crippen LogP contribution >= 0.6 is 11.3 Å². The summed E-state index contributed by atoms with van der Waals surface area (Å²) in [6, 6.07) is 7.08. The molecule has 1 unspecified atom stereocenters. The van der Waals surface area contributed by atoms with Crippen LogP contribution in [0.1, 0.15) is 18.2 Å². The third-order valence-electron chi connectivity index (χ3n) is 4.64. The van der Waals surface area contributed by atoms with E-state index in [2.05, 4.69) is 27.3 Å². The van der Waals surface area contributed by atoms with Crippen LogP contribution in [0.5, 0.6) is 0 Å². The molecule has 0 spiro atoms. The zero-order valence-corrected chi connectivity index (χ0v) is 19.1. The maximum absolute atomic E-state index is 11.3. The quantitative estimate of drug-likeness (QED) is 0.469. The van der Waals surface area contributed by atoms with Crippen LogP contribution in [0.15, 0.2) is 30.5 Å². The first-order valence-electron chi connectivity index (χ1n) is 9.77. The Morgan fingerprint density at radius 2 is 1.90 bits per heavy atom. The fourth-order valence-corrected chi connectivity index (χ4v) is 5.05. The molecule has 2 aromatic heterocycles. The van der Waals surface area contributed by atoms with E-state index in [9.17, 15) is 8.42 Å². The maximum atomic E-state index is 11.3. The standard InChI is InChI=1S/C20H24N6O3S2/c1-12(11-29-2)22-20-24-16-9-4-13-10-21-19(25-17(13)18(16)30-20)23-14-5-7-15(8-6-14)26-31(3,27)28/h5-8,10,12,26H,4,9,11H2,1-3H3,(H,22,24)(H,21,23,25). The summed E-state index contributed by atoms with van der Waals surface area (Å²) >= 11 is 1.59. The normalized spacial score (nSPS) is 13.8. The van der Waals surface area contributed by atoms with E-state index in [-0.39, 0.29) is 6.04 Å². The number of nitrogens with zero attached hydrogens (tertiary/aromatic N) is 3. The van der Waals surface area contributed by atoms with Crippen LogP contribution in [0, 0.1) is 0 Å². The van der Waals surface area contributed by atoms with Crippen molar-refractivity contribution in [3.8, 4) is 10.6 Å². The predicted molar refractivity (Wildman–Crippen MR) is 124 cm³/mol. The molecule has 11 heteroatoms. The monoisotopic (exact) mass is 460 g/mol. The van der Waals surface area contributed by atoms with Crippen molar-refractivity contribution >= 4 is 43.8 Å². The zero-order chi connectivity index (χ0) is 22.0. The van der Waals surface area contributed by atoms with Gasteiger partial charge >= 0.3 is 0 Å². The van der Waals surface area contributed by atoms with Crippen molar-refractivity contribution in [1.82, 2.24) is 15.0 Å². The van der Waals surface area contributed by atoms with E-state index in [0.717, 1.165) is 51.7 Å². The van der Waals surface area contributed by atoms with E-state index >= 15 is 0 Å². The van der Waals surface area contributed by atoms with Crippen LogP contribution in [-0.2, 0) is 27.6 Å². The summed E-state index contributed by atoms with van der Waals surface area (Å²) in [4.78, 5) is 15.0. The van der Waals surface area contributed by atoms with Gasteiger partial charge in [0.15, 0.2) is 5.13 Å². The number of rotatable bonds is 8. The first-order valence-corrected chi connectivity index (χ1v) is 12.5. The molecule has 0 bridgehead atoms. The van der Waals surface area contributed by atoms with Gasteiger partial charge < -0.3 is 15.4 Å². The molecule has 0 fully saturated rings. The fourth-order valence-electron chi connectivity index (χ4n) is 3.33. The van der Waals surface area contributed by atoms with Gasteiger partial charge in [-0.25, -0.2) is 23.4 Å². The Hall–Kier alpha value is -2.76. The number of ether oxygens (including phenoxy) is 1. The van der Waals surface area contributed by atoms with Gasteiger partial charge in [-0.1, -0.05) is 11.3 Å². The summed E-state index contributed by atoms with van der Waals surface area (Å²) in [5, 5.41) is 7.43. The number of sulfonamides is 1. The van der Waals surface area contributed by atoms with E-state index in [0.29, 0.717) is 18.2 Å². The molecule has 164 valence electrons. The first kappa shape index (κ1) is 21.5. The predicted octanol–water partition coefficient (Wildman–Crippen LogP) is 3.26. The smallest absolute Gasteiger partial charge is 0.229 e. The van der Waals surface area contributed by atoms with Gasteiger partial charge in [0.1, 0.15) is 0 Å². The summed E-state index contributed by atoms with van der Waals surface area (Å²) in [5.74, 6) is 0.478. The van der Waals surface area contributed by atoms with Gasteiger partial charge in [0.05, 0.1) is 29.1 Å². The van der Waals surface area contributed by atoms with Gasteiger partial charge in [-0.3, -0.25) is 4.72 Å². The van der Waals surface area contributed by atoms with Crippen molar-refractivity contribution in [1.29, 1.82) is 0 Å². The lowest BCUT2D eigenvalue weighted by Gasteiger charge is -2.15. The molecule has 1 atom stereocenters. The van der Waals surface area contributed by atoms with Crippen molar-refractivity contribution in [2.24, 2.45) is 0 Å². The van der Waals surface area contributed by atoms with Crippen LogP contribution < -0.4 is 15.4 Å². The van der Waals surface area contributed by atoms with Gasteiger partial charge in [-0.05, 0) is 49.6 Å². The first-order chi connectivity index (χ1) is 14.8. The van der Waals surface area contributed by atoms with Crippen LogP contribution in [0.3, 0.4) is 0 Å². The minimum absolute atomic E-state index is 0.167. The summed E-state index contributed by atoms with van der Waals surface area (Å²) in [7, 11) is -1.63. The molecule has 1 aliphatic carbocycles. The Morgan fingerprint density at radius 1 is 1.16 bits per heavy atom. The molecule has 0 aliphatic heterocycles. The van der Waals surface area contributed by atoms with Crippen molar-refractivity contribution in [3.63, 3.8) is 0 Å². The van der Waals surface area contributed by atoms with E-state index in [1.165, 1.54) is 0 Å². The highest BCUT2D eigenvalue weighted by Gasteiger charge is 2.23. The average Bonchev–Trinajstić information content (AvgIpc) is 3.11. The highest BCUT2D eigenvalue weighted by molar-refractivity contribution is 7.92. The second-order valence-electron chi connectivity index (χ2n) is 7.44. The van der Waals surface area contributed by atoms with E-state index in [1.54, 1.807) is 42.7 Å². The number of methoxy groups -OCH3 is 1. The minimum Gasteiger partial charge on any atom is -0.383 e. The summed E-state index contributed by atoms with van der Waals surface area (Å²) < 4.78 is 30.3. The molecule has 0 radical (unpaired) electrons. The molecular formula is C20H24N6O3S2. The average molecular weight is 461 g/mol. The molecule has 0 amide bonds. The largest absolute Gasteiger partial charge is 0.383 e. The number of nitrogens with one attached hydrogen (secondary N) is 3. The van der Waals surface area contributed by atoms with Crippen LogP contribution in [0.4, 0.5) is 22.5 Å². The fraction of sp³-hybridized carbons (Fsp3) is 0.350. The number of thiazole rings is 1. The Balaban J connectivity index is 1.53. The van der Waals surface area contributed by atoms with Crippen molar-refractivity contribution in [2.45, 2.75) is 25.8 Å². The van der Waals surface area contributed by atoms with Crippen molar-refractivity contribution in [2.75, 3.05) is 35.3 Å². The SMILES string of the molecule is COCC(C)Nc1nc2c(s1)-c1nc(Nc3ccc(NS(C)(=O)=O)cc3)ncc1CC2. The third kappa shape index (κ3) is 5.30. The Bertz CT molecular complexity index is 1180. The van der Waals surface area contributed by atoms with E-state index < -0.39 is 10.0 Å². The summed E-state index contributed by atoms with van der Waals surface area (Å²) in [6.07, 6.45) is 4.69. The number of benzene rings is 1. The number of aromatic nitrogens is 3. The summed E-state index contributed by atoms with van der Waals surface area (Å²) in [5.41, 5.74) is 4.31. The number of anilines is 4. The number of aryl methyl sites for hydroxylation is 2. The second-order valence-corrected chi connectivity index (χ2v) is 10.2. The van der Waals surface area contributed by atoms with Crippen LogP contribution in [-0.4, -0.2) is 49.4 Å². The highest BCUT2D eigenvalue weighted by Crippen LogP contribution is 2.39. The molecule has 3 aromatic rings. The number of hydrogen-bond acceptors (Lipinski definition) is 9. The third-order valence-corrected chi connectivity index (χ3v) is 6.28. The van der Waals surface area contributed by atoms with E-state index in [1.807, 2.05) is 6.20 Å². The van der Waals surface area contributed by atoms with Crippen molar-refractivity contribution in [3.05, 3.63) is 41.7 Å². The maximum Gasteiger partial charge on any atom is 0.229 e. The van der Waals surface area contributed by atoms with Crippen molar-refractivity contribution < 1.29 is 13.2 Å². The molecule has 31 heavy (non-hydrogen) atoms. The Labute approximate surface area is 185 Å².